The van der Waals surface area contributed by atoms with Gasteiger partial charge < -0.3 is 14.6 Å². The molecule has 2 saturated heterocycles. The van der Waals surface area contributed by atoms with Crippen LogP contribution in [0.25, 0.3) is 5.69 Å². The fraction of sp³-hybridized carbons (Fsp3) is 0.417. The molecule has 0 spiro atoms. The van der Waals surface area contributed by atoms with Crippen molar-refractivity contribution in [1.82, 2.24) is 14.7 Å². The number of nitrogens with one attached hydrogen (secondary N) is 2. The highest BCUT2D eigenvalue weighted by Crippen LogP contribution is 2.41. The highest BCUT2D eigenvalue weighted by Gasteiger charge is 2.44. The number of rotatable bonds is 6. The molecule has 8 heteroatoms. The summed E-state index contributed by atoms with van der Waals surface area (Å²) < 4.78 is 7.56. The Balaban J connectivity index is 1.11. The lowest BCUT2D eigenvalue weighted by Gasteiger charge is -2.38. The van der Waals surface area contributed by atoms with E-state index in [4.69, 9.17) is 9.52 Å². The minimum Gasteiger partial charge on any atom is -0.456 e. The van der Waals surface area contributed by atoms with Gasteiger partial charge in [0, 0.05) is 29.3 Å². The molecule has 4 aromatic rings. The Morgan fingerprint density at radius 3 is 2.27 bits per heavy atom. The Kier molecular flexibility index (Phi) is 7.86. The smallest absolute Gasteiger partial charge is 0.324 e. The topological polar surface area (TPSA) is 92.4 Å². The summed E-state index contributed by atoms with van der Waals surface area (Å²) in [5.74, 6) is 2.40. The van der Waals surface area contributed by atoms with E-state index in [0.29, 0.717) is 17.5 Å². The van der Waals surface area contributed by atoms with Gasteiger partial charge in [-0.15, -0.1) is 0 Å². The number of furan rings is 1. The number of aromatic nitrogens is 2. The number of anilines is 2. The van der Waals surface area contributed by atoms with Gasteiger partial charge in [-0.2, -0.15) is 5.10 Å². The fourth-order valence-electron chi connectivity index (χ4n) is 6.70. The number of aryl methyl sites for hydroxylation is 3. The van der Waals surface area contributed by atoms with Gasteiger partial charge >= 0.3 is 6.03 Å². The molecule has 2 atom stereocenters. The first-order valence-electron chi connectivity index (χ1n) is 15.7. The molecular weight excluding hydrogens is 550 g/mol. The fourth-order valence-corrected chi connectivity index (χ4v) is 6.70. The lowest BCUT2D eigenvalue weighted by atomic mass is 9.85. The van der Waals surface area contributed by atoms with Crippen molar-refractivity contribution in [1.29, 1.82) is 0 Å². The van der Waals surface area contributed by atoms with E-state index in [1.165, 1.54) is 5.56 Å². The van der Waals surface area contributed by atoms with E-state index in [2.05, 4.69) is 48.4 Å². The number of hydrogen-bond donors (Lipinski definition) is 2. The van der Waals surface area contributed by atoms with E-state index in [1.54, 1.807) is 4.68 Å². The van der Waals surface area contributed by atoms with Gasteiger partial charge in [-0.1, -0.05) is 50.6 Å². The van der Waals surface area contributed by atoms with Gasteiger partial charge in [0.05, 0.1) is 11.4 Å². The van der Waals surface area contributed by atoms with Crippen molar-refractivity contribution in [3.8, 4) is 5.69 Å². The quantitative estimate of drug-likeness (QED) is 0.237. The average molecular weight is 594 g/mol. The summed E-state index contributed by atoms with van der Waals surface area (Å²) in [5.41, 5.74) is 5.72. The molecule has 2 N–H and O–H groups in total. The van der Waals surface area contributed by atoms with E-state index in [-0.39, 0.29) is 29.4 Å². The number of benzene rings is 2. The number of hydrogen-bond acceptors (Lipinski definition) is 4. The Labute approximate surface area is 259 Å². The Morgan fingerprint density at radius 1 is 0.932 bits per heavy atom. The van der Waals surface area contributed by atoms with Crippen LogP contribution in [0.3, 0.4) is 0 Å². The third-order valence-electron chi connectivity index (χ3n) is 9.15. The molecular formula is C36H43N5O3. The first kappa shape index (κ1) is 29.7. The predicted octanol–water partition coefficient (Wildman–Crippen LogP) is 7.96. The van der Waals surface area contributed by atoms with Crippen LogP contribution in [0, 0.1) is 26.7 Å². The molecule has 0 saturated carbocycles. The molecule has 3 amide bonds. The third kappa shape index (κ3) is 6.16. The summed E-state index contributed by atoms with van der Waals surface area (Å²) in [6, 6.07) is 20.2. The maximum atomic E-state index is 13.3. The molecule has 6 rings (SSSR count). The van der Waals surface area contributed by atoms with Crippen LogP contribution in [0.4, 0.5) is 16.3 Å². The average Bonchev–Trinajstić information content (AvgIpc) is 3.62. The molecule has 2 bridgehead atoms. The number of nitrogens with zero attached hydrogens (tertiary/aromatic N) is 3. The molecule has 0 aliphatic carbocycles. The Bertz CT molecular complexity index is 1640. The number of carbonyl (C=O) groups is 2. The minimum atomic E-state index is -0.316. The van der Waals surface area contributed by atoms with Gasteiger partial charge in [-0.3, -0.25) is 10.1 Å². The molecule has 2 aromatic carbocycles. The molecule has 0 radical (unpaired) electrons. The molecule has 2 aliphatic heterocycles. The normalized spacial score (nSPS) is 19.7. The summed E-state index contributed by atoms with van der Waals surface area (Å²) in [6.07, 6.45) is 4.98. The zero-order chi connectivity index (χ0) is 31.2. The highest BCUT2D eigenvalue weighted by molar-refractivity contribution is 5.99. The van der Waals surface area contributed by atoms with E-state index < -0.39 is 0 Å². The van der Waals surface area contributed by atoms with Crippen LogP contribution in [0.2, 0.25) is 0 Å². The maximum Gasteiger partial charge on any atom is 0.324 e. The largest absolute Gasteiger partial charge is 0.456 e. The minimum absolute atomic E-state index is 0.0303. The van der Waals surface area contributed by atoms with Crippen molar-refractivity contribution >= 4 is 23.4 Å². The second-order valence-corrected chi connectivity index (χ2v) is 13.7. The summed E-state index contributed by atoms with van der Waals surface area (Å²) in [4.78, 5) is 28.6. The zero-order valence-corrected chi connectivity index (χ0v) is 26.6. The van der Waals surface area contributed by atoms with Crippen molar-refractivity contribution < 1.29 is 14.0 Å². The van der Waals surface area contributed by atoms with Crippen LogP contribution in [0.1, 0.15) is 85.2 Å². The van der Waals surface area contributed by atoms with Gasteiger partial charge in [0.15, 0.2) is 5.76 Å². The molecule has 44 heavy (non-hydrogen) atoms. The number of urea groups is 1. The summed E-state index contributed by atoms with van der Waals surface area (Å²) >= 11 is 0. The molecule has 2 aliphatic rings. The maximum absolute atomic E-state index is 13.3. The molecule has 4 heterocycles. The molecule has 8 nitrogen and oxygen atoms in total. The van der Waals surface area contributed by atoms with Crippen molar-refractivity contribution in [2.24, 2.45) is 5.92 Å². The molecule has 2 aromatic heterocycles. The van der Waals surface area contributed by atoms with Gasteiger partial charge in [0.25, 0.3) is 5.91 Å². The van der Waals surface area contributed by atoms with Crippen molar-refractivity contribution in [3.05, 3.63) is 94.6 Å². The number of amides is 3. The zero-order valence-electron chi connectivity index (χ0n) is 26.6. The first-order chi connectivity index (χ1) is 20.9. The van der Waals surface area contributed by atoms with Gasteiger partial charge in [-0.05, 0) is 100 Å². The standard InChI is InChI=1S/C36H43N5O3/c1-22-10-12-28(13-11-22)41-33(21-32(39-41)36(4,5)6)38-35(43)37-27-9-7-8-25(18-27)17-26-19-29-14-15-30(20-26)40(29)34(42)31-16-23(2)24(3)44-31/h7-13,16,18,21,26,29-30H,14-15,17,19-20H2,1-6H3,(H2,37,38,43). The number of piperidine rings is 1. The van der Waals surface area contributed by atoms with Gasteiger partial charge in [-0.25, -0.2) is 9.48 Å². The summed E-state index contributed by atoms with van der Waals surface area (Å²) in [5, 5.41) is 10.9. The van der Waals surface area contributed by atoms with Crippen LogP contribution in [-0.2, 0) is 11.8 Å². The number of fused-ring (bicyclic) bond motifs is 2. The lowest BCUT2D eigenvalue weighted by molar-refractivity contribution is 0.0491. The van der Waals surface area contributed by atoms with Gasteiger partial charge in [0.2, 0.25) is 0 Å². The van der Waals surface area contributed by atoms with Crippen molar-refractivity contribution in [2.75, 3.05) is 10.6 Å². The summed E-state index contributed by atoms with van der Waals surface area (Å²) in [7, 11) is 0. The third-order valence-corrected chi connectivity index (χ3v) is 9.15. The second kappa shape index (κ2) is 11.6. The molecule has 2 unspecified atom stereocenters. The highest BCUT2D eigenvalue weighted by atomic mass is 16.4. The van der Waals surface area contributed by atoms with Crippen LogP contribution in [0.5, 0.6) is 0 Å². The Morgan fingerprint density at radius 2 is 1.64 bits per heavy atom. The van der Waals surface area contributed by atoms with E-state index in [0.717, 1.165) is 66.1 Å². The van der Waals surface area contributed by atoms with Crippen molar-refractivity contribution in [2.45, 2.75) is 91.1 Å². The lowest BCUT2D eigenvalue weighted by Crippen LogP contribution is -2.46. The van der Waals surface area contributed by atoms with Crippen LogP contribution >= 0.6 is 0 Å². The summed E-state index contributed by atoms with van der Waals surface area (Å²) in [6.45, 7) is 12.3. The van der Waals surface area contributed by atoms with Crippen LogP contribution in [-0.4, -0.2) is 38.7 Å². The van der Waals surface area contributed by atoms with E-state index in [9.17, 15) is 9.59 Å². The van der Waals surface area contributed by atoms with Crippen LogP contribution in [0.15, 0.2) is 65.1 Å². The van der Waals surface area contributed by atoms with E-state index >= 15 is 0 Å². The first-order valence-corrected chi connectivity index (χ1v) is 15.7. The van der Waals surface area contributed by atoms with Crippen molar-refractivity contribution in [3.63, 3.8) is 0 Å². The van der Waals surface area contributed by atoms with Crippen LogP contribution < -0.4 is 10.6 Å². The second-order valence-electron chi connectivity index (χ2n) is 13.7. The molecule has 2 fully saturated rings. The molecule has 230 valence electrons. The van der Waals surface area contributed by atoms with Gasteiger partial charge in [0.1, 0.15) is 11.6 Å². The predicted molar refractivity (Wildman–Crippen MR) is 174 cm³/mol. The number of carbonyl (C=O) groups excluding carboxylic acids is 2. The van der Waals surface area contributed by atoms with E-state index in [1.807, 2.05) is 69.3 Å². The monoisotopic (exact) mass is 593 g/mol. The SMILES string of the molecule is Cc1ccc(-n2nc(C(C)(C)C)cc2NC(=O)Nc2cccc(CC3CC4CCC(C3)N4C(=O)c3cc(C)c(C)o3)c2)cc1. The Hall–Kier alpha value is -4.33.